The van der Waals surface area contributed by atoms with Crippen molar-refractivity contribution < 1.29 is 9.90 Å². The number of pyridine rings is 1. The van der Waals surface area contributed by atoms with Gasteiger partial charge in [-0.1, -0.05) is 19.9 Å². The molecule has 0 saturated heterocycles. The molecule has 16 heavy (non-hydrogen) atoms. The molecule has 0 bridgehead atoms. The first-order valence-corrected chi connectivity index (χ1v) is 5.15. The first kappa shape index (κ1) is 12.4. The van der Waals surface area contributed by atoms with Crippen molar-refractivity contribution in [2.24, 2.45) is 5.92 Å². The summed E-state index contributed by atoms with van der Waals surface area (Å²) < 4.78 is 0. The van der Waals surface area contributed by atoms with Gasteiger partial charge in [-0.05, 0) is 12.0 Å². The van der Waals surface area contributed by atoms with Gasteiger partial charge in [-0.25, -0.2) is 0 Å². The van der Waals surface area contributed by atoms with Gasteiger partial charge in [0, 0.05) is 6.07 Å². The monoisotopic (exact) mass is 224 g/mol. The lowest BCUT2D eigenvalue weighted by Crippen LogP contribution is -2.41. The highest BCUT2D eigenvalue weighted by Crippen LogP contribution is 2.01. The zero-order valence-electron chi connectivity index (χ0n) is 9.36. The summed E-state index contributed by atoms with van der Waals surface area (Å²) in [5, 5.41) is 11.7. The molecule has 1 unspecified atom stereocenters. The lowest BCUT2D eigenvalue weighted by atomic mass is 10.1. The SMILES string of the molecule is CC(C)C(CO)NC(=O)c1cccc(=O)[nH]1. The van der Waals surface area contributed by atoms with Gasteiger partial charge in [-0.3, -0.25) is 9.59 Å². The van der Waals surface area contributed by atoms with Crippen molar-refractivity contribution in [2.45, 2.75) is 19.9 Å². The van der Waals surface area contributed by atoms with Gasteiger partial charge in [-0.2, -0.15) is 0 Å². The van der Waals surface area contributed by atoms with Crippen molar-refractivity contribution in [2.75, 3.05) is 6.61 Å². The van der Waals surface area contributed by atoms with Crippen LogP contribution in [0.2, 0.25) is 0 Å². The fraction of sp³-hybridized carbons (Fsp3) is 0.455. The minimum absolute atomic E-state index is 0.125. The number of amides is 1. The molecule has 1 heterocycles. The molecule has 0 aliphatic carbocycles. The van der Waals surface area contributed by atoms with Crippen LogP contribution in [-0.4, -0.2) is 28.6 Å². The summed E-state index contributed by atoms with van der Waals surface area (Å²) in [4.78, 5) is 25.1. The van der Waals surface area contributed by atoms with Crippen LogP contribution in [0.3, 0.4) is 0 Å². The average molecular weight is 224 g/mol. The van der Waals surface area contributed by atoms with Crippen LogP contribution < -0.4 is 10.9 Å². The van der Waals surface area contributed by atoms with Crippen LogP contribution >= 0.6 is 0 Å². The van der Waals surface area contributed by atoms with Gasteiger partial charge in [-0.15, -0.1) is 0 Å². The third kappa shape index (κ3) is 3.20. The highest BCUT2D eigenvalue weighted by molar-refractivity contribution is 5.92. The summed E-state index contributed by atoms with van der Waals surface area (Å²) in [7, 11) is 0. The molecular formula is C11H16N2O3. The minimum Gasteiger partial charge on any atom is -0.394 e. The third-order valence-electron chi connectivity index (χ3n) is 2.33. The van der Waals surface area contributed by atoms with Gasteiger partial charge >= 0.3 is 0 Å². The summed E-state index contributed by atoms with van der Waals surface area (Å²) in [5.41, 5.74) is -0.121. The van der Waals surface area contributed by atoms with Crippen molar-refractivity contribution in [3.8, 4) is 0 Å². The number of aromatic amines is 1. The molecule has 1 atom stereocenters. The van der Waals surface area contributed by atoms with Crippen LogP contribution in [-0.2, 0) is 0 Å². The van der Waals surface area contributed by atoms with Crippen LogP contribution in [0.25, 0.3) is 0 Å². The van der Waals surface area contributed by atoms with E-state index in [1.165, 1.54) is 18.2 Å². The van der Waals surface area contributed by atoms with Crippen LogP contribution in [0.4, 0.5) is 0 Å². The van der Waals surface area contributed by atoms with Crippen molar-refractivity contribution in [1.29, 1.82) is 0 Å². The van der Waals surface area contributed by atoms with E-state index in [0.717, 1.165) is 0 Å². The van der Waals surface area contributed by atoms with Gasteiger partial charge in [0.1, 0.15) is 5.69 Å². The lowest BCUT2D eigenvalue weighted by Gasteiger charge is -2.19. The molecule has 88 valence electrons. The molecule has 5 nitrogen and oxygen atoms in total. The van der Waals surface area contributed by atoms with E-state index in [-0.39, 0.29) is 35.7 Å². The van der Waals surface area contributed by atoms with Gasteiger partial charge in [0.2, 0.25) is 5.56 Å². The summed E-state index contributed by atoms with van der Waals surface area (Å²) in [6.07, 6.45) is 0. The Labute approximate surface area is 93.5 Å². The second-order valence-electron chi connectivity index (χ2n) is 3.94. The van der Waals surface area contributed by atoms with Crippen LogP contribution in [0.1, 0.15) is 24.3 Å². The summed E-state index contributed by atoms with van der Waals surface area (Å²) >= 11 is 0. The Morgan fingerprint density at radius 2 is 2.19 bits per heavy atom. The first-order valence-electron chi connectivity index (χ1n) is 5.15. The second-order valence-corrected chi connectivity index (χ2v) is 3.94. The van der Waals surface area contributed by atoms with Gasteiger partial charge in [0.05, 0.1) is 12.6 Å². The van der Waals surface area contributed by atoms with Gasteiger partial charge in [0.25, 0.3) is 5.91 Å². The maximum absolute atomic E-state index is 11.7. The highest BCUT2D eigenvalue weighted by atomic mass is 16.3. The standard InChI is InChI=1S/C11H16N2O3/c1-7(2)9(6-14)13-11(16)8-4-3-5-10(15)12-8/h3-5,7,9,14H,6H2,1-2H3,(H,12,15)(H,13,16). The summed E-state index contributed by atoms with van der Waals surface area (Å²) in [6, 6.07) is 4.06. The molecule has 0 spiro atoms. The molecule has 5 heteroatoms. The third-order valence-corrected chi connectivity index (χ3v) is 2.33. The van der Waals surface area contributed by atoms with Crippen LogP contribution in [0.5, 0.6) is 0 Å². The first-order chi connectivity index (χ1) is 7.54. The van der Waals surface area contributed by atoms with E-state index in [1.807, 2.05) is 13.8 Å². The van der Waals surface area contributed by atoms with Crippen LogP contribution in [0, 0.1) is 5.92 Å². The van der Waals surface area contributed by atoms with Crippen molar-refractivity contribution >= 4 is 5.91 Å². The Kier molecular flexibility index (Phi) is 4.25. The number of nitrogens with one attached hydrogen (secondary N) is 2. The quantitative estimate of drug-likeness (QED) is 0.679. The number of carbonyl (C=O) groups is 1. The van der Waals surface area contributed by atoms with E-state index in [2.05, 4.69) is 10.3 Å². The average Bonchev–Trinajstić information content (AvgIpc) is 2.25. The molecule has 1 amide bonds. The van der Waals surface area contributed by atoms with E-state index >= 15 is 0 Å². The van der Waals surface area contributed by atoms with E-state index < -0.39 is 0 Å². The van der Waals surface area contributed by atoms with Crippen molar-refractivity contribution in [3.63, 3.8) is 0 Å². The highest BCUT2D eigenvalue weighted by Gasteiger charge is 2.16. The molecule has 1 aromatic heterocycles. The normalized spacial score (nSPS) is 12.5. The van der Waals surface area contributed by atoms with Crippen molar-refractivity contribution in [3.05, 3.63) is 34.2 Å². The molecule has 0 aliphatic rings. The smallest absolute Gasteiger partial charge is 0.268 e. The zero-order valence-corrected chi connectivity index (χ0v) is 9.36. The van der Waals surface area contributed by atoms with E-state index in [4.69, 9.17) is 5.11 Å². The molecule has 0 fully saturated rings. The molecule has 0 aromatic carbocycles. The molecule has 0 radical (unpaired) electrons. The summed E-state index contributed by atoms with van der Waals surface area (Å²) in [5.74, 6) is -0.255. The Hall–Kier alpha value is -1.62. The number of aliphatic hydroxyl groups is 1. The molecule has 1 aromatic rings. The van der Waals surface area contributed by atoms with E-state index in [9.17, 15) is 9.59 Å². The molecular weight excluding hydrogens is 208 g/mol. The number of rotatable bonds is 4. The fourth-order valence-corrected chi connectivity index (χ4v) is 1.25. The largest absolute Gasteiger partial charge is 0.394 e. The van der Waals surface area contributed by atoms with Gasteiger partial charge < -0.3 is 15.4 Å². The maximum atomic E-state index is 11.7. The van der Waals surface area contributed by atoms with Crippen molar-refractivity contribution in [1.82, 2.24) is 10.3 Å². The minimum atomic E-state index is -0.384. The number of aromatic nitrogens is 1. The molecule has 3 N–H and O–H groups in total. The lowest BCUT2D eigenvalue weighted by molar-refractivity contribution is 0.0891. The topological polar surface area (TPSA) is 82.2 Å². The van der Waals surface area contributed by atoms with Crippen LogP contribution in [0.15, 0.2) is 23.0 Å². The maximum Gasteiger partial charge on any atom is 0.268 e. The fourth-order valence-electron chi connectivity index (χ4n) is 1.25. The molecule has 1 rings (SSSR count). The predicted octanol–water partition coefficient (Wildman–Crippen LogP) is 0.122. The van der Waals surface area contributed by atoms with E-state index in [0.29, 0.717) is 0 Å². The number of carbonyl (C=O) groups excluding carboxylic acids is 1. The Morgan fingerprint density at radius 1 is 1.50 bits per heavy atom. The molecule has 0 saturated carbocycles. The summed E-state index contributed by atoms with van der Waals surface area (Å²) in [6.45, 7) is 3.67. The molecule has 0 aliphatic heterocycles. The van der Waals surface area contributed by atoms with E-state index in [1.54, 1.807) is 0 Å². The van der Waals surface area contributed by atoms with Gasteiger partial charge in [0.15, 0.2) is 0 Å². The zero-order chi connectivity index (χ0) is 12.1. The second kappa shape index (κ2) is 5.46. The number of hydrogen-bond donors (Lipinski definition) is 3. The Morgan fingerprint density at radius 3 is 2.69 bits per heavy atom. The number of H-pyrrole nitrogens is 1. The predicted molar refractivity (Wildman–Crippen MR) is 60.2 cm³/mol. The Bertz CT molecular complexity index is 412. The number of aliphatic hydroxyl groups excluding tert-OH is 1. The Balaban J connectivity index is 2.75. The number of hydrogen-bond acceptors (Lipinski definition) is 3.